The second-order valence-electron chi connectivity index (χ2n) is 3.05. The van der Waals surface area contributed by atoms with Crippen LogP contribution in [0.5, 0.6) is 0 Å². The van der Waals surface area contributed by atoms with Crippen LogP contribution in [0.15, 0.2) is 4.42 Å². The molecule has 1 N–H and O–H groups in total. The zero-order valence-electron chi connectivity index (χ0n) is 7.41. The molecule has 0 unspecified atom stereocenters. The molecule has 1 atom stereocenters. The van der Waals surface area contributed by atoms with Crippen molar-refractivity contribution in [2.75, 3.05) is 0 Å². The summed E-state index contributed by atoms with van der Waals surface area (Å²) in [5.74, 6) is 1.21. The molecule has 70 valence electrons. The van der Waals surface area contributed by atoms with E-state index in [1.807, 2.05) is 6.92 Å². The first-order valence-electron chi connectivity index (χ1n) is 4.41. The molecule has 1 saturated heterocycles. The number of nitrogens with one attached hydrogen (secondary N) is 1. The third kappa shape index (κ3) is 1.54. The van der Waals surface area contributed by atoms with Gasteiger partial charge in [0.15, 0.2) is 0 Å². The molecule has 2 rings (SSSR count). The molecule has 1 aromatic heterocycles. The minimum absolute atomic E-state index is 0.0567. The summed E-state index contributed by atoms with van der Waals surface area (Å²) in [4.78, 5) is 10.9. The SMILES string of the molecule is CCc1nnc([C@@H]2CCC(=O)N2)o1. The minimum atomic E-state index is -0.0692. The van der Waals surface area contributed by atoms with Crippen molar-refractivity contribution in [1.82, 2.24) is 15.5 Å². The summed E-state index contributed by atoms with van der Waals surface area (Å²) in [6, 6.07) is -0.0692. The van der Waals surface area contributed by atoms with Crippen LogP contribution in [0.25, 0.3) is 0 Å². The summed E-state index contributed by atoms with van der Waals surface area (Å²) in [5, 5.41) is 10.5. The lowest BCUT2D eigenvalue weighted by atomic mass is 10.2. The lowest BCUT2D eigenvalue weighted by Crippen LogP contribution is -2.18. The maximum atomic E-state index is 10.9. The first kappa shape index (κ1) is 8.22. The van der Waals surface area contributed by atoms with Gasteiger partial charge in [-0.1, -0.05) is 6.92 Å². The van der Waals surface area contributed by atoms with Gasteiger partial charge in [-0.25, -0.2) is 0 Å². The third-order valence-electron chi connectivity index (χ3n) is 2.08. The number of nitrogens with zero attached hydrogens (tertiary/aromatic N) is 2. The standard InChI is InChI=1S/C8H11N3O2/c1-2-7-10-11-8(13-7)5-3-4-6(12)9-5/h5H,2-4H2,1H3,(H,9,12)/t5-/m0/s1. The van der Waals surface area contributed by atoms with Gasteiger partial charge in [-0.15, -0.1) is 10.2 Å². The highest BCUT2D eigenvalue weighted by molar-refractivity contribution is 5.78. The molecular formula is C8H11N3O2. The topological polar surface area (TPSA) is 68.0 Å². The van der Waals surface area contributed by atoms with Crippen LogP contribution in [-0.4, -0.2) is 16.1 Å². The lowest BCUT2D eigenvalue weighted by Gasteiger charge is -2.01. The van der Waals surface area contributed by atoms with Crippen LogP contribution in [-0.2, 0) is 11.2 Å². The summed E-state index contributed by atoms with van der Waals surface area (Å²) in [6.45, 7) is 1.95. The molecule has 0 aromatic carbocycles. The van der Waals surface area contributed by atoms with Gasteiger partial charge in [0.25, 0.3) is 0 Å². The van der Waals surface area contributed by atoms with Crippen LogP contribution < -0.4 is 5.32 Å². The normalized spacial score (nSPS) is 21.9. The Morgan fingerprint density at radius 3 is 3.00 bits per heavy atom. The summed E-state index contributed by atoms with van der Waals surface area (Å²) in [7, 11) is 0. The van der Waals surface area contributed by atoms with Crippen LogP contribution in [0.4, 0.5) is 0 Å². The molecule has 1 amide bonds. The van der Waals surface area contributed by atoms with Crippen molar-refractivity contribution in [3.05, 3.63) is 11.8 Å². The molecule has 0 saturated carbocycles. The van der Waals surface area contributed by atoms with E-state index in [2.05, 4.69) is 15.5 Å². The molecule has 0 spiro atoms. The van der Waals surface area contributed by atoms with Crippen molar-refractivity contribution in [1.29, 1.82) is 0 Å². The summed E-state index contributed by atoms with van der Waals surface area (Å²) in [5.41, 5.74) is 0. The highest BCUT2D eigenvalue weighted by Crippen LogP contribution is 2.22. The Labute approximate surface area is 75.5 Å². The summed E-state index contributed by atoms with van der Waals surface area (Å²) in [6.07, 6.45) is 2.03. The number of aryl methyl sites for hydroxylation is 1. The van der Waals surface area contributed by atoms with Gasteiger partial charge in [-0.05, 0) is 6.42 Å². The number of aromatic nitrogens is 2. The fraction of sp³-hybridized carbons (Fsp3) is 0.625. The van der Waals surface area contributed by atoms with Crippen molar-refractivity contribution in [3.8, 4) is 0 Å². The average Bonchev–Trinajstić information content (AvgIpc) is 2.71. The minimum Gasteiger partial charge on any atom is -0.423 e. The van der Waals surface area contributed by atoms with E-state index in [1.165, 1.54) is 0 Å². The van der Waals surface area contributed by atoms with E-state index in [9.17, 15) is 4.79 Å². The Morgan fingerprint density at radius 1 is 1.62 bits per heavy atom. The number of rotatable bonds is 2. The Morgan fingerprint density at radius 2 is 2.46 bits per heavy atom. The Hall–Kier alpha value is -1.39. The molecule has 0 bridgehead atoms. The maximum absolute atomic E-state index is 10.9. The van der Waals surface area contributed by atoms with E-state index in [1.54, 1.807) is 0 Å². The van der Waals surface area contributed by atoms with Crippen molar-refractivity contribution >= 4 is 5.91 Å². The van der Waals surface area contributed by atoms with Gasteiger partial charge in [0.2, 0.25) is 17.7 Å². The van der Waals surface area contributed by atoms with Crippen LogP contribution in [0.3, 0.4) is 0 Å². The van der Waals surface area contributed by atoms with Crippen molar-refractivity contribution < 1.29 is 9.21 Å². The molecule has 0 aliphatic carbocycles. The van der Waals surface area contributed by atoms with Gasteiger partial charge < -0.3 is 9.73 Å². The van der Waals surface area contributed by atoms with Crippen molar-refractivity contribution in [3.63, 3.8) is 0 Å². The quantitative estimate of drug-likeness (QED) is 0.724. The number of hydrogen-bond donors (Lipinski definition) is 1. The largest absolute Gasteiger partial charge is 0.423 e. The first-order chi connectivity index (χ1) is 6.29. The smallest absolute Gasteiger partial charge is 0.238 e. The number of hydrogen-bond acceptors (Lipinski definition) is 4. The molecule has 5 heteroatoms. The van der Waals surface area contributed by atoms with Crippen LogP contribution in [0.2, 0.25) is 0 Å². The van der Waals surface area contributed by atoms with E-state index >= 15 is 0 Å². The molecule has 13 heavy (non-hydrogen) atoms. The number of carbonyl (C=O) groups is 1. The second kappa shape index (κ2) is 3.16. The van der Waals surface area contributed by atoms with Crippen LogP contribution >= 0.6 is 0 Å². The van der Waals surface area contributed by atoms with Gasteiger partial charge in [0, 0.05) is 12.8 Å². The Bertz CT molecular complexity index is 321. The van der Waals surface area contributed by atoms with Crippen LogP contribution in [0, 0.1) is 0 Å². The first-order valence-corrected chi connectivity index (χ1v) is 4.41. The van der Waals surface area contributed by atoms with E-state index in [0.29, 0.717) is 18.2 Å². The van der Waals surface area contributed by atoms with Crippen molar-refractivity contribution in [2.24, 2.45) is 0 Å². The fourth-order valence-electron chi connectivity index (χ4n) is 1.35. The molecule has 5 nitrogen and oxygen atoms in total. The molecule has 2 heterocycles. The monoisotopic (exact) mass is 181 g/mol. The highest BCUT2D eigenvalue weighted by Gasteiger charge is 2.26. The van der Waals surface area contributed by atoms with Gasteiger partial charge in [-0.2, -0.15) is 0 Å². The van der Waals surface area contributed by atoms with Crippen LogP contribution in [0.1, 0.15) is 37.6 Å². The lowest BCUT2D eigenvalue weighted by molar-refractivity contribution is -0.119. The third-order valence-corrected chi connectivity index (χ3v) is 2.08. The summed E-state index contributed by atoms with van der Waals surface area (Å²) >= 11 is 0. The molecular weight excluding hydrogens is 170 g/mol. The van der Waals surface area contributed by atoms with Gasteiger partial charge in [0.1, 0.15) is 6.04 Å². The Balaban J connectivity index is 2.12. The fourth-order valence-corrected chi connectivity index (χ4v) is 1.35. The van der Waals surface area contributed by atoms with E-state index in [-0.39, 0.29) is 11.9 Å². The molecule has 1 aliphatic heterocycles. The highest BCUT2D eigenvalue weighted by atomic mass is 16.4. The summed E-state index contributed by atoms with van der Waals surface area (Å²) < 4.78 is 5.33. The number of carbonyl (C=O) groups excluding carboxylic acids is 1. The zero-order valence-corrected chi connectivity index (χ0v) is 7.41. The zero-order chi connectivity index (χ0) is 9.26. The van der Waals surface area contributed by atoms with Crippen molar-refractivity contribution in [2.45, 2.75) is 32.2 Å². The molecule has 1 fully saturated rings. The van der Waals surface area contributed by atoms with Gasteiger partial charge in [0.05, 0.1) is 0 Å². The average molecular weight is 181 g/mol. The van der Waals surface area contributed by atoms with E-state index in [0.717, 1.165) is 12.8 Å². The predicted molar refractivity (Wildman–Crippen MR) is 43.8 cm³/mol. The Kier molecular flexibility index (Phi) is 2.00. The van der Waals surface area contributed by atoms with E-state index < -0.39 is 0 Å². The molecule has 1 aromatic rings. The molecule has 0 radical (unpaired) electrons. The predicted octanol–water partition coefficient (Wildman–Crippen LogP) is 0.583. The number of amides is 1. The van der Waals surface area contributed by atoms with E-state index in [4.69, 9.17) is 4.42 Å². The van der Waals surface area contributed by atoms with Gasteiger partial charge >= 0.3 is 0 Å². The van der Waals surface area contributed by atoms with Gasteiger partial charge in [-0.3, -0.25) is 4.79 Å². The molecule has 1 aliphatic rings. The second-order valence-corrected chi connectivity index (χ2v) is 3.05. The maximum Gasteiger partial charge on any atom is 0.238 e.